The number of benzene rings is 2. The molecular weight excluding hydrogens is 537 g/mol. The summed E-state index contributed by atoms with van der Waals surface area (Å²) in [6.45, 7) is 1.32. The van der Waals surface area contributed by atoms with Gasteiger partial charge < -0.3 is 15.4 Å². The second-order valence-electron chi connectivity index (χ2n) is 8.88. The Bertz CT molecular complexity index is 1340. The van der Waals surface area contributed by atoms with Crippen molar-refractivity contribution in [1.82, 2.24) is 10.2 Å². The predicted molar refractivity (Wildman–Crippen MR) is 138 cm³/mol. The zero-order chi connectivity index (χ0) is 28.3. The molecule has 2 aromatic carbocycles. The number of anilines is 1. The Morgan fingerprint density at radius 3 is 2.23 bits per heavy atom. The van der Waals surface area contributed by atoms with Crippen molar-refractivity contribution in [3.8, 4) is 0 Å². The Morgan fingerprint density at radius 1 is 1.05 bits per heavy atom. The molecule has 2 aromatic rings. The van der Waals surface area contributed by atoms with Crippen LogP contribution < -0.4 is 16.0 Å². The maximum atomic E-state index is 13.0. The molecule has 0 aliphatic carbocycles. The van der Waals surface area contributed by atoms with Gasteiger partial charge in [-0.05, 0) is 60.2 Å². The number of thioether (sulfide) groups is 1. The predicted octanol–water partition coefficient (Wildman–Crippen LogP) is 3.44. The lowest BCUT2D eigenvalue weighted by molar-refractivity contribution is -0.137. The molecule has 4 amide bonds. The third-order valence-electron chi connectivity index (χ3n) is 6.20. The summed E-state index contributed by atoms with van der Waals surface area (Å²) in [6.07, 6.45) is -1.55. The number of amides is 4. The zero-order valence-corrected chi connectivity index (χ0v) is 21.2. The van der Waals surface area contributed by atoms with Crippen LogP contribution in [0.3, 0.4) is 0 Å². The highest BCUT2D eigenvalue weighted by molar-refractivity contribution is 8.18. The van der Waals surface area contributed by atoms with Crippen LogP contribution in [0, 0.1) is 0 Å². The zero-order valence-electron chi connectivity index (χ0n) is 20.4. The lowest BCUT2D eigenvalue weighted by Gasteiger charge is -2.22. The first-order valence-corrected chi connectivity index (χ1v) is 12.7. The number of nitrogens with zero attached hydrogens (tertiary/aromatic N) is 2. The normalized spacial score (nSPS) is 19.8. The van der Waals surface area contributed by atoms with Crippen LogP contribution in [0.5, 0.6) is 0 Å². The molecule has 2 fully saturated rings. The summed E-state index contributed by atoms with van der Waals surface area (Å²) in [6, 6.07) is 10.0. The minimum absolute atomic E-state index is 0.0430. The molecule has 5 rings (SSSR count). The first-order chi connectivity index (χ1) is 18.5. The van der Waals surface area contributed by atoms with E-state index in [-0.39, 0.29) is 41.3 Å². The van der Waals surface area contributed by atoms with E-state index in [1.807, 2.05) is 4.90 Å². The standard InChI is InChI=1S/C15H14F3N3O2S.C11H9NO3/c16-15(17,18)9-1-2-11(21-4-3-10(19)7-21)8(5-9)6-12-13(22)20-14(23)24-12;13-7-3-6-12-10(14)8-4-1-2-5-9(8)11(12)15/h1-2,5-6,10H,3-4,7,19H2,(H,20,22,23);1-2,4-5,7H,3,6H2/b12-6-;/t10-;/m0./s1. The van der Waals surface area contributed by atoms with Gasteiger partial charge in [-0.1, -0.05) is 12.1 Å². The Balaban J connectivity index is 0.000000202. The molecule has 0 bridgehead atoms. The maximum Gasteiger partial charge on any atom is 0.416 e. The molecule has 3 heterocycles. The van der Waals surface area contributed by atoms with Crippen molar-refractivity contribution in [3.05, 3.63) is 69.6 Å². The van der Waals surface area contributed by atoms with Gasteiger partial charge in [-0.2, -0.15) is 13.2 Å². The number of rotatable bonds is 5. The number of carbonyl (C=O) groups is 5. The van der Waals surface area contributed by atoms with Gasteiger partial charge in [0, 0.05) is 37.8 Å². The van der Waals surface area contributed by atoms with Crippen molar-refractivity contribution in [3.63, 3.8) is 0 Å². The van der Waals surface area contributed by atoms with E-state index in [4.69, 9.17) is 5.73 Å². The van der Waals surface area contributed by atoms with Crippen LogP contribution >= 0.6 is 11.8 Å². The van der Waals surface area contributed by atoms with Gasteiger partial charge in [0.05, 0.1) is 21.6 Å². The molecule has 3 N–H and O–H groups in total. The van der Waals surface area contributed by atoms with Crippen LogP contribution in [0.15, 0.2) is 47.4 Å². The van der Waals surface area contributed by atoms with E-state index in [0.717, 1.165) is 23.5 Å². The molecule has 39 heavy (non-hydrogen) atoms. The summed E-state index contributed by atoms with van der Waals surface area (Å²) in [5.74, 6) is -1.22. The van der Waals surface area contributed by atoms with Gasteiger partial charge >= 0.3 is 6.18 Å². The van der Waals surface area contributed by atoms with Crippen molar-refractivity contribution in [1.29, 1.82) is 0 Å². The number of nitrogens with one attached hydrogen (secondary N) is 1. The van der Waals surface area contributed by atoms with E-state index in [9.17, 15) is 37.1 Å². The molecule has 3 aliphatic heterocycles. The van der Waals surface area contributed by atoms with Gasteiger partial charge in [0.15, 0.2) is 0 Å². The fraction of sp³-hybridized carbons (Fsp3) is 0.269. The maximum absolute atomic E-state index is 13.0. The average Bonchev–Trinajstić information content (AvgIpc) is 3.53. The molecule has 0 unspecified atom stereocenters. The topological polar surface area (TPSA) is 130 Å². The number of carbonyl (C=O) groups excluding carboxylic acids is 5. The molecule has 0 spiro atoms. The second-order valence-corrected chi connectivity index (χ2v) is 9.90. The van der Waals surface area contributed by atoms with Crippen molar-refractivity contribution in [2.24, 2.45) is 5.73 Å². The molecule has 0 saturated carbocycles. The van der Waals surface area contributed by atoms with Gasteiger partial charge in [-0.15, -0.1) is 0 Å². The fourth-order valence-corrected chi connectivity index (χ4v) is 5.00. The number of alkyl halides is 3. The Hall–Kier alpha value is -3.97. The van der Waals surface area contributed by atoms with Crippen molar-refractivity contribution in [2.45, 2.75) is 25.1 Å². The molecule has 9 nitrogen and oxygen atoms in total. The van der Waals surface area contributed by atoms with Gasteiger partial charge in [-0.25, -0.2) is 0 Å². The molecule has 13 heteroatoms. The van der Waals surface area contributed by atoms with E-state index in [1.165, 1.54) is 12.1 Å². The van der Waals surface area contributed by atoms with Gasteiger partial charge in [0.1, 0.15) is 6.29 Å². The van der Waals surface area contributed by atoms with E-state index < -0.39 is 22.9 Å². The summed E-state index contributed by atoms with van der Waals surface area (Å²) >= 11 is 0.671. The lowest BCUT2D eigenvalue weighted by atomic mass is 10.1. The summed E-state index contributed by atoms with van der Waals surface area (Å²) in [7, 11) is 0. The Kier molecular flexibility index (Phi) is 8.21. The Morgan fingerprint density at radius 2 is 1.72 bits per heavy atom. The number of halogens is 3. The number of aldehydes is 1. The summed E-state index contributed by atoms with van der Waals surface area (Å²) < 4.78 is 39.0. The van der Waals surface area contributed by atoms with Crippen molar-refractivity contribution >= 4 is 52.8 Å². The Labute approximate surface area is 225 Å². The lowest BCUT2D eigenvalue weighted by Crippen LogP contribution is -2.30. The molecule has 0 radical (unpaired) electrons. The summed E-state index contributed by atoms with van der Waals surface area (Å²) in [5.41, 5.74) is 6.71. The van der Waals surface area contributed by atoms with Crippen LogP contribution in [-0.4, -0.2) is 59.8 Å². The highest BCUT2D eigenvalue weighted by atomic mass is 32.2. The van der Waals surface area contributed by atoms with E-state index >= 15 is 0 Å². The van der Waals surface area contributed by atoms with E-state index in [0.29, 0.717) is 48.0 Å². The minimum Gasteiger partial charge on any atom is -0.369 e. The van der Waals surface area contributed by atoms with Crippen molar-refractivity contribution < 1.29 is 37.1 Å². The average molecular weight is 561 g/mol. The van der Waals surface area contributed by atoms with Crippen LogP contribution in [0.2, 0.25) is 0 Å². The number of hydrogen-bond acceptors (Lipinski definition) is 8. The summed E-state index contributed by atoms with van der Waals surface area (Å²) in [4.78, 5) is 59.6. The third-order valence-corrected chi connectivity index (χ3v) is 7.01. The van der Waals surface area contributed by atoms with Crippen molar-refractivity contribution in [2.75, 3.05) is 24.5 Å². The molecule has 204 valence electrons. The highest BCUT2D eigenvalue weighted by Crippen LogP contribution is 2.36. The van der Waals surface area contributed by atoms with E-state index in [2.05, 4.69) is 5.32 Å². The fourth-order valence-electron chi connectivity index (χ4n) is 4.33. The van der Waals surface area contributed by atoms with Gasteiger partial charge in [0.25, 0.3) is 23.0 Å². The number of fused-ring (bicyclic) bond motifs is 1. The van der Waals surface area contributed by atoms with Crippen LogP contribution in [-0.2, 0) is 15.8 Å². The molecule has 3 aliphatic rings. The highest BCUT2D eigenvalue weighted by Gasteiger charge is 2.35. The molecule has 2 saturated heterocycles. The largest absolute Gasteiger partial charge is 0.416 e. The smallest absolute Gasteiger partial charge is 0.369 e. The molecular formula is C26H23F3N4O5S. The third kappa shape index (κ3) is 6.20. The number of imide groups is 2. The number of nitrogens with two attached hydrogens (primary N) is 1. The van der Waals surface area contributed by atoms with Gasteiger partial charge in [0.2, 0.25) is 0 Å². The minimum atomic E-state index is -4.49. The molecule has 1 atom stereocenters. The van der Waals surface area contributed by atoms with Crippen LogP contribution in [0.4, 0.5) is 23.7 Å². The SMILES string of the molecule is N[C@H]1CCN(c2ccc(C(F)(F)F)cc2/C=C2\SC(=O)NC2=O)C1.O=CCCN1C(=O)c2ccccc2C1=O. The van der Waals surface area contributed by atoms with Gasteiger partial charge in [-0.3, -0.25) is 29.4 Å². The van der Waals surface area contributed by atoms with Crippen LogP contribution in [0.25, 0.3) is 6.08 Å². The van der Waals surface area contributed by atoms with E-state index in [1.54, 1.807) is 24.3 Å². The monoisotopic (exact) mass is 560 g/mol. The first kappa shape index (κ1) is 28.0. The second kappa shape index (κ2) is 11.4. The molecule has 0 aromatic heterocycles. The number of hydrogen-bond donors (Lipinski definition) is 2. The quantitative estimate of drug-likeness (QED) is 0.323. The summed E-state index contributed by atoms with van der Waals surface area (Å²) in [5, 5.41) is 1.55. The van der Waals surface area contributed by atoms with Crippen LogP contribution in [0.1, 0.15) is 44.7 Å². The first-order valence-electron chi connectivity index (χ1n) is 11.8.